The molecule has 1 aromatic rings. The van der Waals surface area contributed by atoms with Gasteiger partial charge >= 0.3 is 5.97 Å². The lowest BCUT2D eigenvalue weighted by atomic mass is 10.2. The van der Waals surface area contributed by atoms with E-state index in [-0.39, 0.29) is 5.91 Å². The fraction of sp³-hybridized carbons (Fsp3) is 0.385. The molecule has 0 unspecified atom stereocenters. The molecule has 0 aliphatic rings. The Hall–Kier alpha value is -1.66. The van der Waals surface area contributed by atoms with Gasteiger partial charge in [-0.25, -0.2) is 4.79 Å². The highest BCUT2D eigenvalue weighted by Gasteiger charge is 2.10. The number of amides is 1. The zero-order valence-corrected chi connectivity index (χ0v) is 11.8. The van der Waals surface area contributed by atoms with Crippen molar-refractivity contribution in [3.8, 4) is 0 Å². The molecule has 0 saturated heterocycles. The van der Waals surface area contributed by atoms with Crippen molar-refractivity contribution < 1.29 is 19.4 Å². The second-order valence-electron chi connectivity index (χ2n) is 3.93. The molecular weight excluding hydrogens is 266 g/mol. The van der Waals surface area contributed by atoms with E-state index in [1.165, 1.54) is 17.4 Å². The van der Waals surface area contributed by atoms with Crippen LogP contribution in [-0.4, -0.2) is 37.2 Å². The van der Waals surface area contributed by atoms with E-state index in [1.54, 1.807) is 13.2 Å². The summed E-state index contributed by atoms with van der Waals surface area (Å²) in [4.78, 5) is 23.6. The van der Waals surface area contributed by atoms with Gasteiger partial charge in [-0.3, -0.25) is 4.79 Å². The lowest BCUT2D eigenvalue weighted by Crippen LogP contribution is -2.24. The van der Waals surface area contributed by atoms with E-state index in [0.29, 0.717) is 18.0 Å². The average molecular weight is 283 g/mol. The van der Waals surface area contributed by atoms with Crippen molar-refractivity contribution in [2.75, 3.05) is 20.3 Å². The summed E-state index contributed by atoms with van der Waals surface area (Å²) in [7, 11) is 1.62. The Morgan fingerprint density at radius 2 is 2.26 bits per heavy atom. The van der Waals surface area contributed by atoms with Crippen molar-refractivity contribution in [2.24, 2.45) is 0 Å². The smallest absolute Gasteiger partial charge is 0.328 e. The van der Waals surface area contributed by atoms with Crippen LogP contribution in [0.5, 0.6) is 0 Å². The summed E-state index contributed by atoms with van der Waals surface area (Å²) in [6.07, 6.45) is 3.33. The average Bonchev–Trinajstić information content (AvgIpc) is 2.73. The molecule has 6 heteroatoms. The van der Waals surface area contributed by atoms with Gasteiger partial charge in [0.25, 0.3) is 5.91 Å². The van der Waals surface area contributed by atoms with Gasteiger partial charge in [-0.05, 0) is 31.1 Å². The number of thiophene rings is 1. The molecule has 1 heterocycles. The van der Waals surface area contributed by atoms with E-state index in [9.17, 15) is 9.59 Å². The summed E-state index contributed by atoms with van der Waals surface area (Å²) >= 11 is 1.28. The zero-order chi connectivity index (χ0) is 14.3. The number of hydrogen-bond donors (Lipinski definition) is 2. The van der Waals surface area contributed by atoms with Crippen molar-refractivity contribution >= 4 is 29.3 Å². The van der Waals surface area contributed by atoms with E-state index in [0.717, 1.165) is 22.9 Å². The SMILES string of the molecule is COCCCNC(=O)c1cc(C)c(C=CC(=O)O)s1. The Balaban J connectivity index is 2.61. The Kier molecular flexibility index (Phi) is 6.24. The summed E-state index contributed by atoms with van der Waals surface area (Å²) in [6, 6.07) is 1.76. The predicted octanol–water partition coefficient (Wildman–Crippen LogP) is 1.92. The number of nitrogens with one attached hydrogen (secondary N) is 1. The Morgan fingerprint density at radius 1 is 1.53 bits per heavy atom. The number of rotatable bonds is 7. The molecule has 5 nitrogen and oxygen atoms in total. The van der Waals surface area contributed by atoms with Crippen LogP contribution in [0.25, 0.3) is 6.08 Å². The van der Waals surface area contributed by atoms with Gasteiger partial charge in [0.2, 0.25) is 0 Å². The molecule has 0 aromatic carbocycles. The molecule has 1 aromatic heterocycles. The minimum absolute atomic E-state index is 0.140. The van der Waals surface area contributed by atoms with Crippen molar-refractivity contribution in [1.29, 1.82) is 0 Å². The third-order valence-corrected chi connectivity index (χ3v) is 3.57. The quantitative estimate of drug-likeness (QED) is 0.592. The predicted molar refractivity (Wildman–Crippen MR) is 74.6 cm³/mol. The molecular formula is C13H17NO4S. The van der Waals surface area contributed by atoms with Gasteiger partial charge in [0.15, 0.2) is 0 Å². The fourth-order valence-electron chi connectivity index (χ4n) is 1.43. The molecule has 1 rings (SSSR count). The highest BCUT2D eigenvalue weighted by molar-refractivity contribution is 7.15. The number of ether oxygens (including phenoxy) is 1. The highest BCUT2D eigenvalue weighted by Crippen LogP contribution is 2.23. The third-order valence-electron chi connectivity index (χ3n) is 2.37. The van der Waals surface area contributed by atoms with Gasteiger partial charge in [-0.1, -0.05) is 0 Å². The summed E-state index contributed by atoms with van der Waals surface area (Å²) in [5.74, 6) is -1.14. The largest absolute Gasteiger partial charge is 0.478 e. The number of methoxy groups -OCH3 is 1. The van der Waals surface area contributed by atoms with Crippen molar-refractivity contribution in [3.05, 3.63) is 27.5 Å². The first-order chi connectivity index (χ1) is 9.04. The number of carboxylic acid groups (broad SMARTS) is 1. The van der Waals surface area contributed by atoms with Gasteiger partial charge in [0, 0.05) is 31.2 Å². The minimum Gasteiger partial charge on any atom is -0.478 e. The number of hydrogen-bond acceptors (Lipinski definition) is 4. The van der Waals surface area contributed by atoms with E-state index in [2.05, 4.69) is 5.32 Å². The molecule has 0 spiro atoms. The van der Waals surface area contributed by atoms with Crippen molar-refractivity contribution in [2.45, 2.75) is 13.3 Å². The molecule has 1 amide bonds. The number of aliphatic carboxylic acids is 1. The maximum atomic E-state index is 11.8. The van der Waals surface area contributed by atoms with Crippen LogP contribution in [0, 0.1) is 6.92 Å². The van der Waals surface area contributed by atoms with Crippen LogP contribution in [0.4, 0.5) is 0 Å². The van der Waals surface area contributed by atoms with E-state index >= 15 is 0 Å². The second kappa shape index (κ2) is 7.70. The first-order valence-corrected chi connectivity index (χ1v) is 6.65. The number of carboxylic acids is 1. The van der Waals surface area contributed by atoms with Crippen LogP contribution in [0.2, 0.25) is 0 Å². The monoisotopic (exact) mass is 283 g/mol. The maximum Gasteiger partial charge on any atom is 0.328 e. The fourth-order valence-corrected chi connectivity index (χ4v) is 2.42. The topological polar surface area (TPSA) is 75.6 Å². The van der Waals surface area contributed by atoms with E-state index in [1.807, 2.05) is 6.92 Å². The highest BCUT2D eigenvalue weighted by atomic mass is 32.1. The van der Waals surface area contributed by atoms with E-state index < -0.39 is 5.97 Å². The molecule has 0 aliphatic carbocycles. The zero-order valence-electron chi connectivity index (χ0n) is 10.9. The van der Waals surface area contributed by atoms with Gasteiger partial charge in [0.05, 0.1) is 4.88 Å². The lowest BCUT2D eigenvalue weighted by Gasteiger charge is -2.02. The summed E-state index contributed by atoms with van der Waals surface area (Å²) in [6.45, 7) is 3.01. The minimum atomic E-state index is -1.00. The normalized spacial score (nSPS) is 10.8. The van der Waals surface area contributed by atoms with E-state index in [4.69, 9.17) is 9.84 Å². The Bertz CT molecular complexity index is 479. The van der Waals surface area contributed by atoms with Crippen LogP contribution in [0.3, 0.4) is 0 Å². The first-order valence-electron chi connectivity index (χ1n) is 5.83. The van der Waals surface area contributed by atoms with Crippen LogP contribution in [0.1, 0.15) is 26.5 Å². The summed E-state index contributed by atoms with van der Waals surface area (Å²) in [5.41, 5.74) is 0.893. The Labute approximate surface area is 115 Å². The summed E-state index contributed by atoms with van der Waals surface area (Å²) in [5, 5.41) is 11.4. The molecule has 0 aliphatic heterocycles. The molecule has 2 N–H and O–H groups in total. The number of carbonyl (C=O) groups excluding carboxylic acids is 1. The van der Waals surface area contributed by atoms with Gasteiger partial charge < -0.3 is 15.2 Å². The molecule has 0 bridgehead atoms. The molecule has 0 atom stereocenters. The first kappa shape index (κ1) is 15.4. The van der Waals surface area contributed by atoms with Crippen molar-refractivity contribution in [1.82, 2.24) is 5.32 Å². The molecule has 19 heavy (non-hydrogen) atoms. The molecule has 0 radical (unpaired) electrons. The van der Waals surface area contributed by atoms with Crippen LogP contribution in [0.15, 0.2) is 12.1 Å². The van der Waals surface area contributed by atoms with Crippen LogP contribution in [-0.2, 0) is 9.53 Å². The molecule has 104 valence electrons. The standard InChI is InChI=1S/C13H17NO4S/c1-9-8-11(13(17)14-6-3-7-18-2)19-10(9)4-5-12(15)16/h4-5,8H,3,6-7H2,1-2H3,(H,14,17)(H,15,16). The Morgan fingerprint density at radius 3 is 2.89 bits per heavy atom. The number of carbonyl (C=O) groups is 2. The molecule has 0 fully saturated rings. The van der Waals surface area contributed by atoms with Crippen LogP contribution >= 0.6 is 11.3 Å². The van der Waals surface area contributed by atoms with Gasteiger partial charge in [0.1, 0.15) is 0 Å². The van der Waals surface area contributed by atoms with Crippen molar-refractivity contribution in [3.63, 3.8) is 0 Å². The second-order valence-corrected chi connectivity index (χ2v) is 5.02. The third kappa shape index (κ3) is 5.23. The maximum absolute atomic E-state index is 11.8. The summed E-state index contributed by atoms with van der Waals surface area (Å²) < 4.78 is 4.89. The van der Waals surface area contributed by atoms with Gasteiger partial charge in [-0.2, -0.15) is 0 Å². The lowest BCUT2D eigenvalue weighted by molar-refractivity contribution is -0.131. The van der Waals surface area contributed by atoms with Gasteiger partial charge in [-0.15, -0.1) is 11.3 Å². The van der Waals surface area contributed by atoms with Crippen LogP contribution < -0.4 is 5.32 Å². The molecule has 0 saturated carbocycles. The number of aryl methyl sites for hydroxylation is 1.